The van der Waals surface area contributed by atoms with Gasteiger partial charge < -0.3 is 49.9 Å². The summed E-state index contributed by atoms with van der Waals surface area (Å²) in [7, 11) is 4.18. The average molecular weight is 1100 g/mol. The Morgan fingerprint density at radius 1 is 0.638 bits per heavy atom. The largest absolute Gasteiger partial charge is 0.444 e. The molecule has 4 aliphatic rings. The molecule has 0 unspecified atom stereocenters. The van der Waals surface area contributed by atoms with Crippen LogP contribution < -0.4 is 30.7 Å². The Kier molecular flexibility index (Phi) is 18.9. The minimum absolute atomic E-state index is 0.227. The van der Waals surface area contributed by atoms with E-state index >= 15 is 0 Å². The third-order valence-electron chi connectivity index (χ3n) is 12.4. The molecular weight excluding hydrogens is 1030 g/mol. The summed E-state index contributed by atoms with van der Waals surface area (Å²) >= 11 is 12.9. The predicted octanol–water partition coefficient (Wildman–Crippen LogP) is 11.0. The molecule has 69 heavy (non-hydrogen) atoms. The molecule has 4 aromatic rings. The third kappa shape index (κ3) is 16.1. The summed E-state index contributed by atoms with van der Waals surface area (Å²) in [5.74, 6) is 2.40. The molecule has 2 saturated heterocycles. The van der Waals surface area contributed by atoms with Crippen molar-refractivity contribution in [3.8, 4) is 0 Å². The molecule has 376 valence electrons. The van der Waals surface area contributed by atoms with Gasteiger partial charge in [0.1, 0.15) is 22.8 Å². The molecule has 16 nitrogen and oxygen atoms in total. The molecule has 2 aromatic heterocycles. The summed E-state index contributed by atoms with van der Waals surface area (Å²) < 4.78 is 12.7. The van der Waals surface area contributed by atoms with Crippen molar-refractivity contribution in [1.29, 1.82) is 0 Å². The van der Waals surface area contributed by atoms with E-state index in [2.05, 4.69) is 98.0 Å². The Balaban J connectivity index is 0.000000188. The number of amides is 2. The zero-order valence-electron chi connectivity index (χ0n) is 41.6. The van der Waals surface area contributed by atoms with E-state index in [9.17, 15) is 9.59 Å². The summed E-state index contributed by atoms with van der Waals surface area (Å²) in [6.45, 7) is 17.2. The van der Waals surface area contributed by atoms with E-state index in [1.807, 2.05) is 84.1 Å². The minimum atomic E-state index is -0.470. The molecular formula is C50H71Br2ClN12O4. The highest BCUT2D eigenvalue weighted by Crippen LogP contribution is 2.33. The highest BCUT2D eigenvalue weighted by Gasteiger charge is 2.28. The predicted molar refractivity (Wildman–Crippen MR) is 286 cm³/mol. The first kappa shape index (κ1) is 53.5. The Labute approximate surface area is 430 Å². The average Bonchev–Trinajstić information content (AvgIpc) is 4.07. The quantitative estimate of drug-likeness (QED) is 0.127. The SMILES string of the molecule is CC(C)(C)OC(=O)N1CCN(c2ccc(N)cc2)CC1.CN(c1nc(Cl)ncc1Br)C1CCCC1.CN(c1nc(Nc2ccc(N3CCN(C(=O)OC(C)(C)C)CC3)cc2)ncc1Br)C1CCCC1. The van der Waals surface area contributed by atoms with Gasteiger partial charge in [0.05, 0.1) is 8.95 Å². The van der Waals surface area contributed by atoms with Crippen LogP contribution in [0.15, 0.2) is 69.9 Å². The summed E-state index contributed by atoms with van der Waals surface area (Å²) in [5, 5.41) is 3.64. The number of aromatic nitrogens is 4. The van der Waals surface area contributed by atoms with E-state index in [4.69, 9.17) is 31.8 Å². The molecule has 0 spiro atoms. The lowest BCUT2D eigenvalue weighted by atomic mass is 10.2. The Bertz CT molecular complexity index is 2270. The number of nitrogen functional groups attached to an aromatic ring is 1. The van der Waals surface area contributed by atoms with Gasteiger partial charge in [0.25, 0.3) is 0 Å². The van der Waals surface area contributed by atoms with Crippen LogP contribution in [-0.2, 0) is 9.47 Å². The Morgan fingerprint density at radius 3 is 1.45 bits per heavy atom. The summed E-state index contributed by atoms with van der Waals surface area (Å²) in [6.07, 6.45) is 13.1. The zero-order chi connectivity index (χ0) is 49.9. The maximum atomic E-state index is 12.3. The number of hydrogen-bond donors (Lipinski definition) is 2. The molecule has 2 aliphatic heterocycles. The van der Waals surface area contributed by atoms with Crippen molar-refractivity contribution < 1.29 is 19.1 Å². The monoisotopic (exact) mass is 1100 g/mol. The van der Waals surface area contributed by atoms with Gasteiger partial charge in [0.2, 0.25) is 11.2 Å². The van der Waals surface area contributed by atoms with Crippen LogP contribution in [-0.4, -0.2) is 132 Å². The lowest BCUT2D eigenvalue weighted by molar-refractivity contribution is 0.0230. The molecule has 2 amide bonds. The molecule has 0 atom stereocenters. The molecule has 4 fully saturated rings. The van der Waals surface area contributed by atoms with Gasteiger partial charge in [-0.15, -0.1) is 0 Å². The van der Waals surface area contributed by atoms with Gasteiger partial charge in [-0.1, -0.05) is 25.7 Å². The molecule has 0 bridgehead atoms. The van der Waals surface area contributed by atoms with Crippen molar-refractivity contribution in [2.24, 2.45) is 0 Å². The number of benzene rings is 2. The van der Waals surface area contributed by atoms with Crippen LogP contribution in [0.5, 0.6) is 0 Å². The second-order valence-electron chi connectivity index (χ2n) is 19.9. The first-order valence-corrected chi connectivity index (χ1v) is 26.0. The van der Waals surface area contributed by atoms with Crippen molar-refractivity contribution in [3.63, 3.8) is 0 Å². The third-order valence-corrected chi connectivity index (χ3v) is 13.7. The summed E-state index contributed by atoms with van der Waals surface area (Å²) in [5.41, 5.74) is 8.76. The van der Waals surface area contributed by atoms with E-state index in [-0.39, 0.29) is 12.2 Å². The van der Waals surface area contributed by atoms with E-state index in [1.54, 1.807) is 16.0 Å². The van der Waals surface area contributed by atoms with E-state index < -0.39 is 11.2 Å². The number of halogens is 3. The molecule has 19 heteroatoms. The molecule has 8 rings (SSSR count). The van der Waals surface area contributed by atoms with Crippen LogP contribution in [0.4, 0.5) is 49.9 Å². The van der Waals surface area contributed by atoms with Gasteiger partial charge in [0, 0.05) is 114 Å². The highest BCUT2D eigenvalue weighted by atomic mass is 79.9. The van der Waals surface area contributed by atoms with Crippen LogP contribution in [0, 0.1) is 0 Å². The van der Waals surface area contributed by atoms with Crippen LogP contribution in [0.25, 0.3) is 0 Å². The number of carbonyl (C=O) groups excluding carboxylic acids is 2. The molecule has 2 saturated carbocycles. The van der Waals surface area contributed by atoms with Crippen LogP contribution in [0.1, 0.15) is 92.9 Å². The summed E-state index contributed by atoms with van der Waals surface area (Å²) in [6, 6.07) is 17.2. The van der Waals surface area contributed by atoms with Gasteiger partial charge in [-0.3, -0.25) is 0 Å². The van der Waals surface area contributed by atoms with E-state index in [0.717, 1.165) is 69.5 Å². The first-order valence-electron chi connectivity index (χ1n) is 24.1. The van der Waals surface area contributed by atoms with E-state index in [1.165, 1.54) is 51.4 Å². The fourth-order valence-electron chi connectivity index (χ4n) is 8.70. The fourth-order valence-corrected chi connectivity index (χ4v) is 9.77. The van der Waals surface area contributed by atoms with Crippen LogP contribution in [0.3, 0.4) is 0 Å². The Morgan fingerprint density at radius 2 is 1.03 bits per heavy atom. The minimum Gasteiger partial charge on any atom is -0.444 e. The lowest BCUT2D eigenvalue weighted by Gasteiger charge is -2.36. The molecule has 2 aromatic carbocycles. The maximum Gasteiger partial charge on any atom is 0.410 e. The number of anilines is 7. The fraction of sp³-hybridized carbons (Fsp3) is 0.560. The maximum absolute atomic E-state index is 12.3. The normalized spacial score (nSPS) is 16.8. The highest BCUT2D eigenvalue weighted by molar-refractivity contribution is 9.11. The van der Waals surface area contributed by atoms with Gasteiger partial charge in [0.15, 0.2) is 0 Å². The Hall–Kier alpha value is -4.81. The van der Waals surface area contributed by atoms with Gasteiger partial charge in [-0.2, -0.15) is 9.97 Å². The number of hydrogen-bond acceptors (Lipinski definition) is 14. The lowest BCUT2D eigenvalue weighted by Crippen LogP contribution is -2.50. The number of piperazine rings is 2. The number of carbonyl (C=O) groups is 2. The van der Waals surface area contributed by atoms with Crippen molar-refractivity contribution in [1.82, 2.24) is 29.7 Å². The van der Waals surface area contributed by atoms with Crippen molar-refractivity contribution >= 4 is 96.0 Å². The smallest absolute Gasteiger partial charge is 0.410 e. The number of nitrogens with two attached hydrogens (primary N) is 1. The summed E-state index contributed by atoms with van der Waals surface area (Å²) in [4.78, 5) is 54.2. The number of nitrogens with one attached hydrogen (secondary N) is 1. The zero-order valence-corrected chi connectivity index (χ0v) is 45.5. The molecule has 4 heterocycles. The van der Waals surface area contributed by atoms with Crippen LogP contribution in [0.2, 0.25) is 5.28 Å². The van der Waals surface area contributed by atoms with Crippen molar-refractivity contribution in [2.45, 2.75) is 116 Å². The van der Waals surface area contributed by atoms with Gasteiger partial charge in [-0.25, -0.2) is 19.6 Å². The second-order valence-corrected chi connectivity index (χ2v) is 22.0. The number of ether oxygens (including phenoxy) is 2. The number of rotatable bonds is 8. The first-order chi connectivity index (χ1) is 32.7. The van der Waals surface area contributed by atoms with Gasteiger partial charge >= 0.3 is 12.2 Å². The molecule has 2 aliphatic carbocycles. The van der Waals surface area contributed by atoms with Crippen molar-refractivity contribution in [3.05, 3.63) is 75.2 Å². The second kappa shape index (κ2) is 24.3. The van der Waals surface area contributed by atoms with Gasteiger partial charge in [-0.05, 0) is 159 Å². The molecule has 3 N–H and O–H groups in total. The molecule has 0 radical (unpaired) electrons. The van der Waals surface area contributed by atoms with Crippen molar-refractivity contribution in [2.75, 3.05) is 97.1 Å². The van der Waals surface area contributed by atoms with E-state index in [0.29, 0.717) is 49.5 Å². The number of nitrogens with zero attached hydrogens (tertiary/aromatic N) is 10. The van der Waals surface area contributed by atoms with Crippen LogP contribution >= 0.6 is 43.5 Å². The topological polar surface area (TPSA) is 162 Å². The standard InChI is InChI=1S/C25H35BrN6O2.C15H23N3O2.C10H13BrClN3/c1-25(2,3)34-24(33)32-15-13-31(14-16-32)20-11-9-18(10-12-20)28-23-27-17-21(26)22(29-23)30(4)19-7-5-6-8-19;1-15(2,3)20-14(19)18-10-8-17(9-11-18)13-6-4-12(16)5-7-13;1-15(7-4-2-3-5-7)9-8(11)6-13-10(12)14-9/h9-12,17,19H,5-8,13-16H2,1-4H3,(H,27,28,29);4-7H,8-11,16H2,1-3H3;6-7H,2-5H2,1H3.